The number of rotatable bonds is 4. The first-order valence-corrected chi connectivity index (χ1v) is 5.64. The van der Waals surface area contributed by atoms with Gasteiger partial charge in [-0.05, 0) is 25.0 Å². The Labute approximate surface area is 105 Å². The molecule has 0 fully saturated rings. The zero-order valence-electron chi connectivity index (χ0n) is 9.66. The van der Waals surface area contributed by atoms with Gasteiger partial charge in [0.1, 0.15) is 6.04 Å². The van der Waals surface area contributed by atoms with E-state index in [-0.39, 0.29) is 0 Å². The number of aryl methyl sites for hydroxylation is 1. The molecule has 0 saturated heterocycles. The lowest BCUT2D eigenvalue weighted by Crippen LogP contribution is -2.40. The topological polar surface area (TPSA) is 66.4 Å². The molecule has 1 aromatic rings. The average Bonchev–Trinajstić information content (AvgIpc) is 2.28. The molecule has 0 aliphatic carbocycles. The van der Waals surface area contributed by atoms with Gasteiger partial charge in [-0.1, -0.05) is 30.7 Å². The zero-order chi connectivity index (χ0) is 13.0. The Hall–Kier alpha value is -1.55. The van der Waals surface area contributed by atoms with E-state index in [1.54, 1.807) is 32.0 Å². The highest BCUT2D eigenvalue weighted by molar-refractivity contribution is 6.34. The summed E-state index contributed by atoms with van der Waals surface area (Å²) < 4.78 is 0. The molecule has 1 unspecified atom stereocenters. The molecular formula is C12H14ClNO3. The summed E-state index contributed by atoms with van der Waals surface area (Å²) in [4.78, 5) is 22.6. The normalized spacial score (nSPS) is 11.9. The summed E-state index contributed by atoms with van der Waals surface area (Å²) in [5.41, 5.74) is 1.08. The molecule has 0 bridgehead atoms. The Balaban J connectivity index is 2.90. The van der Waals surface area contributed by atoms with Crippen LogP contribution in [0.5, 0.6) is 0 Å². The van der Waals surface area contributed by atoms with Gasteiger partial charge in [-0.25, -0.2) is 4.79 Å². The summed E-state index contributed by atoms with van der Waals surface area (Å²) in [6.45, 7) is 3.48. The number of carbonyl (C=O) groups excluding carboxylic acids is 1. The van der Waals surface area contributed by atoms with Crippen molar-refractivity contribution in [3.63, 3.8) is 0 Å². The Kier molecular flexibility index (Phi) is 4.52. The molecule has 1 amide bonds. The van der Waals surface area contributed by atoms with Crippen LogP contribution in [0.4, 0.5) is 0 Å². The third-order valence-corrected chi connectivity index (χ3v) is 2.95. The van der Waals surface area contributed by atoms with E-state index in [0.29, 0.717) is 17.0 Å². The van der Waals surface area contributed by atoms with E-state index < -0.39 is 17.9 Å². The lowest BCUT2D eigenvalue weighted by molar-refractivity contribution is -0.139. The molecule has 0 radical (unpaired) electrons. The standard InChI is InChI=1S/C12H14ClNO3/c1-3-9(12(16)17)14-11(15)8-6-4-5-7(2)10(8)13/h4-6,9H,3H2,1-2H3,(H,14,15)(H,16,17). The molecule has 0 spiro atoms. The predicted molar refractivity (Wildman–Crippen MR) is 65.4 cm³/mol. The minimum absolute atomic E-state index is 0.298. The quantitative estimate of drug-likeness (QED) is 0.867. The van der Waals surface area contributed by atoms with Gasteiger partial charge in [-0.2, -0.15) is 0 Å². The van der Waals surface area contributed by atoms with E-state index in [0.717, 1.165) is 5.56 Å². The molecule has 92 valence electrons. The van der Waals surface area contributed by atoms with Crippen molar-refractivity contribution in [1.29, 1.82) is 0 Å². The summed E-state index contributed by atoms with van der Waals surface area (Å²) in [6, 6.07) is 4.17. The molecule has 1 rings (SSSR count). The van der Waals surface area contributed by atoms with Gasteiger partial charge in [0.2, 0.25) is 0 Å². The molecule has 0 saturated carbocycles. The molecule has 5 heteroatoms. The highest BCUT2D eigenvalue weighted by atomic mass is 35.5. The van der Waals surface area contributed by atoms with Gasteiger partial charge >= 0.3 is 5.97 Å². The second-order valence-electron chi connectivity index (χ2n) is 3.71. The monoisotopic (exact) mass is 255 g/mol. The fourth-order valence-electron chi connectivity index (χ4n) is 1.40. The molecule has 0 aliphatic heterocycles. The first kappa shape index (κ1) is 13.5. The number of halogens is 1. The van der Waals surface area contributed by atoms with Gasteiger partial charge in [0.05, 0.1) is 10.6 Å². The van der Waals surface area contributed by atoms with E-state index in [4.69, 9.17) is 16.7 Å². The van der Waals surface area contributed by atoms with Crippen LogP contribution < -0.4 is 5.32 Å². The SMILES string of the molecule is CCC(NC(=O)c1cccc(C)c1Cl)C(=O)O. The number of carbonyl (C=O) groups is 2. The number of hydrogen-bond acceptors (Lipinski definition) is 2. The van der Waals surface area contributed by atoms with Crippen molar-refractivity contribution in [2.45, 2.75) is 26.3 Å². The number of carboxylic acids is 1. The summed E-state index contributed by atoms with van der Waals surface area (Å²) in [5.74, 6) is -1.52. The predicted octanol–water partition coefficient (Wildman–Crippen LogP) is 2.24. The van der Waals surface area contributed by atoms with Gasteiger partial charge < -0.3 is 10.4 Å². The van der Waals surface area contributed by atoms with Crippen LogP contribution in [0.3, 0.4) is 0 Å². The third-order valence-electron chi connectivity index (χ3n) is 2.45. The fourth-order valence-corrected chi connectivity index (χ4v) is 1.61. The van der Waals surface area contributed by atoms with Crippen molar-refractivity contribution < 1.29 is 14.7 Å². The minimum atomic E-state index is -1.05. The van der Waals surface area contributed by atoms with Crippen molar-refractivity contribution in [3.05, 3.63) is 34.3 Å². The number of amides is 1. The summed E-state index contributed by atoms with van der Waals surface area (Å²) in [5, 5.41) is 11.6. The lowest BCUT2D eigenvalue weighted by Gasteiger charge is -2.13. The van der Waals surface area contributed by atoms with Crippen LogP contribution >= 0.6 is 11.6 Å². The maximum Gasteiger partial charge on any atom is 0.326 e. The van der Waals surface area contributed by atoms with E-state index in [1.165, 1.54) is 0 Å². The zero-order valence-corrected chi connectivity index (χ0v) is 10.4. The molecule has 2 N–H and O–H groups in total. The molecule has 1 atom stereocenters. The van der Waals surface area contributed by atoms with Crippen LogP contribution in [0, 0.1) is 6.92 Å². The highest BCUT2D eigenvalue weighted by Crippen LogP contribution is 2.20. The van der Waals surface area contributed by atoms with Crippen molar-refractivity contribution >= 4 is 23.5 Å². The van der Waals surface area contributed by atoms with Crippen LogP contribution in [-0.4, -0.2) is 23.0 Å². The first-order chi connectivity index (χ1) is 7.97. The van der Waals surface area contributed by atoms with Crippen LogP contribution in [-0.2, 0) is 4.79 Å². The smallest absolute Gasteiger partial charge is 0.326 e. The van der Waals surface area contributed by atoms with E-state index in [9.17, 15) is 9.59 Å². The average molecular weight is 256 g/mol. The number of aliphatic carboxylic acids is 1. The number of hydrogen-bond donors (Lipinski definition) is 2. The van der Waals surface area contributed by atoms with Crippen LogP contribution in [0.1, 0.15) is 29.3 Å². The van der Waals surface area contributed by atoms with Crippen molar-refractivity contribution in [2.75, 3.05) is 0 Å². The summed E-state index contributed by atoms with van der Waals surface area (Å²) >= 11 is 5.99. The maximum atomic E-state index is 11.8. The third kappa shape index (κ3) is 3.20. The minimum Gasteiger partial charge on any atom is -0.480 e. The van der Waals surface area contributed by atoms with Crippen LogP contribution in [0.15, 0.2) is 18.2 Å². The van der Waals surface area contributed by atoms with Gasteiger partial charge in [0.25, 0.3) is 5.91 Å². The fraction of sp³-hybridized carbons (Fsp3) is 0.333. The van der Waals surface area contributed by atoms with Crippen molar-refractivity contribution in [1.82, 2.24) is 5.32 Å². The summed E-state index contributed by atoms with van der Waals surface area (Å²) in [7, 11) is 0. The maximum absolute atomic E-state index is 11.8. The summed E-state index contributed by atoms with van der Waals surface area (Å²) in [6.07, 6.45) is 0.324. The lowest BCUT2D eigenvalue weighted by atomic mass is 10.1. The van der Waals surface area contributed by atoms with Crippen molar-refractivity contribution in [3.8, 4) is 0 Å². The van der Waals surface area contributed by atoms with Crippen LogP contribution in [0.2, 0.25) is 5.02 Å². The number of nitrogens with one attached hydrogen (secondary N) is 1. The molecule has 0 heterocycles. The Morgan fingerprint density at radius 1 is 1.47 bits per heavy atom. The van der Waals surface area contributed by atoms with Gasteiger partial charge in [-0.15, -0.1) is 0 Å². The first-order valence-electron chi connectivity index (χ1n) is 5.26. The second-order valence-corrected chi connectivity index (χ2v) is 4.09. The highest BCUT2D eigenvalue weighted by Gasteiger charge is 2.20. The second kappa shape index (κ2) is 5.68. The molecule has 1 aromatic carbocycles. The Bertz CT molecular complexity index is 445. The molecule has 0 aromatic heterocycles. The molecule has 0 aliphatic rings. The molecule has 4 nitrogen and oxygen atoms in total. The number of benzene rings is 1. The molecular weight excluding hydrogens is 242 g/mol. The van der Waals surface area contributed by atoms with E-state index in [1.807, 2.05) is 0 Å². The van der Waals surface area contributed by atoms with Gasteiger partial charge in [-0.3, -0.25) is 4.79 Å². The van der Waals surface area contributed by atoms with Crippen molar-refractivity contribution in [2.24, 2.45) is 0 Å². The van der Waals surface area contributed by atoms with Gasteiger partial charge in [0.15, 0.2) is 0 Å². The number of carboxylic acid groups (broad SMARTS) is 1. The Morgan fingerprint density at radius 3 is 2.65 bits per heavy atom. The molecule has 17 heavy (non-hydrogen) atoms. The van der Waals surface area contributed by atoms with Gasteiger partial charge in [0, 0.05) is 0 Å². The van der Waals surface area contributed by atoms with E-state index >= 15 is 0 Å². The van der Waals surface area contributed by atoms with Crippen LogP contribution in [0.25, 0.3) is 0 Å². The Morgan fingerprint density at radius 2 is 2.12 bits per heavy atom. The largest absolute Gasteiger partial charge is 0.480 e. The van der Waals surface area contributed by atoms with E-state index in [2.05, 4.69) is 5.32 Å².